The molecule has 0 saturated carbocycles. The number of rotatable bonds is 6. The van der Waals surface area contributed by atoms with Crippen molar-refractivity contribution in [3.8, 4) is 0 Å². The van der Waals surface area contributed by atoms with Gasteiger partial charge in [-0.15, -0.1) is 11.8 Å². The number of nitrogens with one attached hydrogen (secondary N) is 1. The minimum atomic E-state index is -0.210. The Morgan fingerprint density at radius 1 is 1.35 bits per heavy atom. The molecule has 1 unspecified atom stereocenters. The van der Waals surface area contributed by atoms with Crippen LogP contribution in [-0.2, 0) is 6.54 Å². The summed E-state index contributed by atoms with van der Waals surface area (Å²) >= 11 is 1.36. The summed E-state index contributed by atoms with van der Waals surface area (Å²) in [7, 11) is 0. The van der Waals surface area contributed by atoms with Crippen LogP contribution in [0.15, 0.2) is 23.1 Å². The molecule has 0 fully saturated rings. The quantitative estimate of drug-likeness (QED) is 0.769. The van der Waals surface area contributed by atoms with Gasteiger partial charge in [-0.1, -0.05) is 26.8 Å². The van der Waals surface area contributed by atoms with Gasteiger partial charge in [0, 0.05) is 22.7 Å². The largest absolute Gasteiger partial charge is 0.395 e. The van der Waals surface area contributed by atoms with Crippen LogP contribution in [0.1, 0.15) is 26.3 Å². The third kappa shape index (κ3) is 5.06. The van der Waals surface area contributed by atoms with Crippen molar-refractivity contribution in [2.45, 2.75) is 43.5 Å². The van der Waals surface area contributed by atoms with Crippen LogP contribution in [-0.4, -0.2) is 23.0 Å². The van der Waals surface area contributed by atoms with Gasteiger partial charge in [0.15, 0.2) is 0 Å². The highest BCUT2D eigenvalue weighted by molar-refractivity contribution is 8.00. The molecule has 0 spiro atoms. The number of thioether (sulfide) groups is 1. The Morgan fingerprint density at radius 3 is 2.59 bits per heavy atom. The van der Waals surface area contributed by atoms with E-state index in [1.165, 1.54) is 11.8 Å². The van der Waals surface area contributed by atoms with E-state index in [4.69, 9.17) is 5.11 Å². The van der Waals surface area contributed by atoms with E-state index >= 15 is 0 Å². The zero-order valence-corrected chi connectivity index (χ0v) is 11.4. The topological polar surface area (TPSA) is 32.3 Å². The summed E-state index contributed by atoms with van der Waals surface area (Å²) in [6, 6.07) is 5.65. The fraction of sp³-hybridized carbons (Fsp3) is 0.538. The first kappa shape index (κ1) is 14.5. The molecule has 1 atom stereocenters. The highest BCUT2D eigenvalue weighted by Gasteiger charge is 2.08. The molecule has 0 bridgehead atoms. The summed E-state index contributed by atoms with van der Waals surface area (Å²) in [4.78, 5) is 0.597. The van der Waals surface area contributed by atoms with Gasteiger partial charge in [-0.25, -0.2) is 4.39 Å². The Morgan fingerprint density at radius 2 is 2.06 bits per heavy atom. The van der Waals surface area contributed by atoms with Crippen molar-refractivity contribution in [3.05, 3.63) is 29.6 Å². The van der Waals surface area contributed by atoms with E-state index in [1.54, 1.807) is 12.1 Å². The van der Waals surface area contributed by atoms with E-state index in [1.807, 2.05) is 13.0 Å². The molecule has 0 aromatic heterocycles. The highest BCUT2D eigenvalue weighted by Crippen LogP contribution is 2.26. The van der Waals surface area contributed by atoms with Crippen molar-refractivity contribution in [1.82, 2.24) is 5.32 Å². The molecule has 1 aromatic rings. The molecule has 0 radical (unpaired) electrons. The second kappa shape index (κ2) is 6.99. The molecule has 96 valence electrons. The summed E-state index contributed by atoms with van der Waals surface area (Å²) in [5.74, 6) is -0.210. The van der Waals surface area contributed by atoms with Crippen molar-refractivity contribution >= 4 is 11.8 Å². The lowest BCUT2D eigenvalue weighted by atomic mass is 10.2. The maximum absolute atomic E-state index is 13.7. The lowest BCUT2D eigenvalue weighted by molar-refractivity contribution is 0.300. The van der Waals surface area contributed by atoms with Crippen LogP contribution in [0.3, 0.4) is 0 Å². The van der Waals surface area contributed by atoms with E-state index in [2.05, 4.69) is 19.2 Å². The molecule has 1 aromatic carbocycles. The number of aliphatic hydroxyl groups is 1. The van der Waals surface area contributed by atoms with Crippen molar-refractivity contribution in [3.63, 3.8) is 0 Å². The van der Waals surface area contributed by atoms with Crippen LogP contribution in [0, 0.1) is 5.82 Å². The molecule has 0 amide bonds. The summed E-state index contributed by atoms with van der Waals surface area (Å²) in [6.45, 7) is 6.72. The molecule has 0 heterocycles. The predicted molar refractivity (Wildman–Crippen MR) is 70.8 cm³/mol. The minimum Gasteiger partial charge on any atom is -0.395 e. The van der Waals surface area contributed by atoms with Crippen LogP contribution < -0.4 is 5.32 Å². The molecule has 0 aliphatic heterocycles. The first-order valence-corrected chi connectivity index (χ1v) is 6.70. The van der Waals surface area contributed by atoms with E-state index in [0.717, 1.165) is 5.56 Å². The lowest BCUT2D eigenvalue weighted by Crippen LogP contribution is -2.21. The zero-order valence-electron chi connectivity index (χ0n) is 10.5. The molecule has 4 heteroatoms. The average molecular weight is 257 g/mol. The monoisotopic (exact) mass is 257 g/mol. The SMILES string of the molecule is CC(C)NCc1ccc(SC(C)CO)c(F)c1. The molecule has 2 nitrogen and oxygen atoms in total. The molecular formula is C13H20FNOS. The first-order chi connectivity index (χ1) is 8.02. The fourth-order valence-corrected chi connectivity index (χ4v) is 2.15. The minimum absolute atomic E-state index is 0.0177. The molecule has 1 rings (SSSR count). The molecule has 17 heavy (non-hydrogen) atoms. The number of aliphatic hydroxyl groups excluding tert-OH is 1. The maximum atomic E-state index is 13.7. The van der Waals surface area contributed by atoms with Crippen LogP contribution in [0.4, 0.5) is 4.39 Å². The van der Waals surface area contributed by atoms with Crippen molar-refractivity contribution < 1.29 is 9.50 Å². The Balaban J connectivity index is 2.65. The second-order valence-electron chi connectivity index (χ2n) is 4.41. The Bertz CT molecular complexity index is 357. The third-order valence-corrected chi connectivity index (χ3v) is 3.43. The Labute approximate surface area is 107 Å². The first-order valence-electron chi connectivity index (χ1n) is 5.82. The second-order valence-corrected chi connectivity index (χ2v) is 5.89. The van der Waals surface area contributed by atoms with Crippen LogP contribution >= 0.6 is 11.8 Å². The normalized spacial score (nSPS) is 13.1. The van der Waals surface area contributed by atoms with Crippen LogP contribution in [0.2, 0.25) is 0 Å². The molecule has 2 N–H and O–H groups in total. The van der Waals surface area contributed by atoms with E-state index in [0.29, 0.717) is 17.5 Å². The van der Waals surface area contributed by atoms with Gasteiger partial charge in [0.2, 0.25) is 0 Å². The third-order valence-electron chi connectivity index (χ3n) is 2.30. The fourth-order valence-electron chi connectivity index (χ4n) is 1.33. The van der Waals surface area contributed by atoms with Gasteiger partial charge in [-0.2, -0.15) is 0 Å². The van der Waals surface area contributed by atoms with Gasteiger partial charge >= 0.3 is 0 Å². The molecule has 0 saturated heterocycles. The molecule has 0 aliphatic carbocycles. The zero-order chi connectivity index (χ0) is 12.8. The standard InChI is InChI=1S/C13H20FNOS/c1-9(2)15-7-11-4-5-13(12(14)6-11)17-10(3)8-16/h4-6,9-10,15-16H,7-8H2,1-3H3. The average Bonchev–Trinajstić information content (AvgIpc) is 2.29. The van der Waals surface area contributed by atoms with Gasteiger partial charge < -0.3 is 10.4 Å². The van der Waals surface area contributed by atoms with Gasteiger partial charge in [0.1, 0.15) is 5.82 Å². The van der Waals surface area contributed by atoms with Gasteiger partial charge in [0.25, 0.3) is 0 Å². The number of hydrogen-bond donors (Lipinski definition) is 2. The molecule has 0 aliphatic rings. The lowest BCUT2D eigenvalue weighted by Gasteiger charge is -2.11. The van der Waals surface area contributed by atoms with Crippen molar-refractivity contribution in [2.24, 2.45) is 0 Å². The summed E-state index contributed by atoms with van der Waals surface area (Å²) in [5.41, 5.74) is 0.942. The van der Waals surface area contributed by atoms with Gasteiger partial charge in [-0.3, -0.25) is 0 Å². The maximum Gasteiger partial charge on any atom is 0.137 e. The summed E-state index contributed by atoms with van der Waals surface area (Å²) in [6.07, 6.45) is 0. The van der Waals surface area contributed by atoms with Crippen LogP contribution in [0.5, 0.6) is 0 Å². The van der Waals surface area contributed by atoms with E-state index < -0.39 is 0 Å². The Kier molecular flexibility index (Phi) is 5.95. The van der Waals surface area contributed by atoms with Gasteiger partial charge in [-0.05, 0) is 17.7 Å². The van der Waals surface area contributed by atoms with Crippen molar-refractivity contribution in [1.29, 1.82) is 0 Å². The van der Waals surface area contributed by atoms with Gasteiger partial charge in [0.05, 0.1) is 6.61 Å². The Hall–Kier alpha value is -0.580. The van der Waals surface area contributed by atoms with Crippen LogP contribution in [0.25, 0.3) is 0 Å². The molecular weight excluding hydrogens is 237 g/mol. The highest BCUT2D eigenvalue weighted by atomic mass is 32.2. The number of benzene rings is 1. The van der Waals surface area contributed by atoms with Crippen molar-refractivity contribution in [2.75, 3.05) is 6.61 Å². The number of halogens is 1. The predicted octanol–water partition coefficient (Wildman–Crippen LogP) is 2.80. The summed E-state index contributed by atoms with van der Waals surface area (Å²) < 4.78 is 13.7. The van der Waals surface area contributed by atoms with E-state index in [-0.39, 0.29) is 17.7 Å². The smallest absolute Gasteiger partial charge is 0.137 e. The number of hydrogen-bond acceptors (Lipinski definition) is 3. The summed E-state index contributed by atoms with van der Waals surface area (Å²) in [5, 5.41) is 12.2. The van der Waals surface area contributed by atoms with E-state index in [9.17, 15) is 4.39 Å².